The summed E-state index contributed by atoms with van der Waals surface area (Å²) in [5.74, 6) is 1.04. The van der Waals surface area contributed by atoms with E-state index in [4.69, 9.17) is 4.74 Å². The fourth-order valence-corrected chi connectivity index (χ4v) is 3.40. The third-order valence-corrected chi connectivity index (χ3v) is 4.51. The molecule has 1 aromatic rings. The molecule has 4 nitrogen and oxygen atoms in total. The number of imidazole rings is 1. The van der Waals surface area contributed by atoms with Crippen LogP contribution in [-0.4, -0.2) is 28.3 Å². The van der Waals surface area contributed by atoms with Gasteiger partial charge in [0.25, 0.3) is 0 Å². The lowest BCUT2D eigenvalue weighted by atomic mass is 9.96. The van der Waals surface area contributed by atoms with Crippen LogP contribution in [-0.2, 0) is 11.3 Å². The van der Waals surface area contributed by atoms with Gasteiger partial charge in [0.1, 0.15) is 0 Å². The molecule has 1 N–H and O–H groups in total. The molecule has 1 unspecified atom stereocenters. The number of nitrogens with zero attached hydrogens (tertiary/aromatic N) is 2. The van der Waals surface area contributed by atoms with Crippen molar-refractivity contribution in [3.8, 4) is 0 Å². The summed E-state index contributed by atoms with van der Waals surface area (Å²) in [6, 6.07) is 0.608. The Morgan fingerprint density at radius 3 is 2.75 bits per heavy atom. The van der Waals surface area contributed by atoms with Crippen LogP contribution < -0.4 is 5.32 Å². The molecule has 1 saturated heterocycles. The molecule has 1 atom stereocenters. The van der Waals surface area contributed by atoms with Gasteiger partial charge in [0.05, 0.1) is 18.3 Å². The topological polar surface area (TPSA) is 39.1 Å². The highest BCUT2D eigenvalue weighted by molar-refractivity contribution is 5.30. The summed E-state index contributed by atoms with van der Waals surface area (Å²) in [6.07, 6.45) is 12.9. The second-order valence-corrected chi connectivity index (χ2v) is 6.33. The smallest absolute Gasteiger partial charge is 0.203 e. The molecular weight excluding hydrogens is 250 g/mol. The summed E-state index contributed by atoms with van der Waals surface area (Å²) in [7, 11) is 0. The molecule has 0 aromatic carbocycles. The molecule has 3 rings (SSSR count). The normalized spacial score (nSPS) is 24.8. The van der Waals surface area contributed by atoms with Crippen molar-refractivity contribution in [2.24, 2.45) is 0 Å². The molecule has 4 heteroatoms. The summed E-state index contributed by atoms with van der Waals surface area (Å²) in [5, 5.41) is 3.66. The van der Waals surface area contributed by atoms with Gasteiger partial charge in [-0.05, 0) is 39.0 Å². The van der Waals surface area contributed by atoms with Gasteiger partial charge >= 0.3 is 0 Å². The Morgan fingerprint density at radius 1 is 1.20 bits per heavy atom. The molecule has 112 valence electrons. The number of aromatic nitrogens is 2. The van der Waals surface area contributed by atoms with E-state index < -0.39 is 0 Å². The first kappa shape index (κ1) is 13.9. The molecule has 2 heterocycles. The summed E-state index contributed by atoms with van der Waals surface area (Å²) >= 11 is 0. The molecule has 1 aliphatic carbocycles. The zero-order valence-corrected chi connectivity index (χ0v) is 12.6. The van der Waals surface area contributed by atoms with Crippen LogP contribution in [0.1, 0.15) is 57.1 Å². The minimum atomic E-state index is 0.365. The summed E-state index contributed by atoms with van der Waals surface area (Å²) in [4.78, 5) is 4.67. The molecule has 2 fully saturated rings. The molecule has 1 saturated carbocycles. The quantitative estimate of drug-likeness (QED) is 0.915. The first-order valence-electron chi connectivity index (χ1n) is 8.23. The fraction of sp³-hybridized carbons (Fsp3) is 0.812. The Morgan fingerprint density at radius 2 is 2.00 bits per heavy atom. The van der Waals surface area contributed by atoms with E-state index in [1.165, 1.54) is 51.4 Å². The molecule has 0 bridgehead atoms. The van der Waals surface area contributed by atoms with E-state index in [-0.39, 0.29) is 0 Å². The Kier molecular flexibility index (Phi) is 4.61. The molecule has 20 heavy (non-hydrogen) atoms. The highest BCUT2D eigenvalue weighted by atomic mass is 16.5. The number of ether oxygens (including phenoxy) is 1. The van der Waals surface area contributed by atoms with Crippen LogP contribution in [0.25, 0.3) is 0 Å². The van der Waals surface area contributed by atoms with Crippen molar-refractivity contribution in [2.45, 2.75) is 77.0 Å². The van der Waals surface area contributed by atoms with Gasteiger partial charge in [-0.25, -0.2) is 4.98 Å². The second-order valence-electron chi connectivity index (χ2n) is 6.33. The van der Waals surface area contributed by atoms with E-state index in [1.807, 2.05) is 0 Å². The zero-order valence-electron chi connectivity index (χ0n) is 12.6. The standard InChI is InChI=1S/C16H27N3O/c1-13-11-19(12-15-9-5-6-10-20-15)16(17-13)18-14-7-3-2-4-8-14/h11,14-15H,2-10,12H2,1H3,(H,17,18). The molecule has 0 spiro atoms. The van der Waals surface area contributed by atoms with Crippen LogP contribution in [0.2, 0.25) is 0 Å². The molecule has 1 aliphatic heterocycles. The summed E-state index contributed by atoms with van der Waals surface area (Å²) in [6.45, 7) is 3.93. The van der Waals surface area contributed by atoms with Crippen LogP contribution in [0, 0.1) is 6.92 Å². The van der Waals surface area contributed by atoms with Gasteiger partial charge in [-0.1, -0.05) is 19.3 Å². The summed E-state index contributed by atoms with van der Waals surface area (Å²) in [5.41, 5.74) is 1.10. The second kappa shape index (κ2) is 6.61. The number of hydrogen-bond acceptors (Lipinski definition) is 3. The Labute approximate surface area is 121 Å². The van der Waals surface area contributed by atoms with Crippen LogP contribution in [0.4, 0.5) is 5.95 Å². The SMILES string of the molecule is Cc1cn(CC2CCCCO2)c(NC2CCCCC2)n1. The Bertz CT molecular complexity index is 380. The molecule has 1 aromatic heterocycles. The Balaban J connectivity index is 1.63. The van der Waals surface area contributed by atoms with Gasteiger partial charge in [0, 0.05) is 18.8 Å². The number of anilines is 1. The van der Waals surface area contributed by atoms with Crippen molar-refractivity contribution in [1.82, 2.24) is 9.55 Å². The monoisotopic (exact) mass is 277 g/mol. The van der Waals surface area contributed by atoms with E-state index in [0.29, 0.717) is 12.1 Å². The van der Waals surface area contributed by atoms with Crippen molar-refractivity contribution < 1.29 is 4.74 Å². The van der Waals surface area contributed by atoms with Gasteiger partial charge < -0.3 is 14.6 Å². The lowest BCUT2D eigenvalue weighted by molar-refractivity contribution is 0.00626. The van der Waals surface area contributed by atoms with Crippen molar-refractivity contribution in [3.05, 3.63) is 11.9 Å². The average molecular weight is 277 g/mol. The fourth-order valence-electron chi connectivity index (χ4n) is 3.40. The maximum atomic E-state index is 5.86. The van der Waals surface area contributed by atoms with Gasteiger partial charge in [0.2, 0.25) is 5.95 Å². The molecule has 0 amide bonds. The number of hydrogen-bond donors (Lipinski definition) is 1. The van der Waals surface area contributed by atoms with Gasteiger partial charge in [-0.2, -0.15) is 0 Å². The highest BCUT2D eigenvalue weighted by Crippen LogP contribution is 2.23. The third kappa shape index (κ3) is 3.54. The predicted octanol–water partition coefficient (Wildman–Crippen LogP) is 3.51. The van der Waals surface area contributed by atoms with E-state index in [0.717, 1.165) is 24.8 Å². The first-order valence-corrected chi connectivity index (χ1v) is 8.23. The predicted molar refractivity (Wildman–Crippen MR) is 81.1 cm³/mol. The number of nitrogens with one attached hydrogen (secondary N) is 1. The van der Waals surface area contributed by atoms with E-state index in [9.17, 15) is 0 Å². The van der Waals surface area contributed by atoms with E-state index in [2.05, 4.69) is 28.0 Å². The van der Waals surface area contributed by atoms with Gasteiger partial charge in [-0.3, -0.25) is 0 Å². The molecule has 0 radical (unpaired) electrons. The average Bonchev–Trinajstić information content (AvgIpc) is 2.81. The highest BCUT2D eigenvalue weighted by Gasteiger charge is 2.19. The van der Waals surface area contributed by atoms with Crippen LogP contribution in [0.5, 0.6) is 0 Å². The maximum Gasteiger partial charge on any atom is 0.203 e. The van der Waals surface area contributed by atoms with Gasteiger partial charge in [-0.15, -0.1) is 0 Å². The zero-order chi connectivity index (χ0) is 13.8. The van der Waals surface area contributed by atoms with Crippen molar-refractivity contribution >= 4 is 5.95 Å². The van der Waals surface area contributed by atoms with Crippen LogP contribution in [0.3, 0.4) is 0 Å². The lowest BCUT2D eigenvalue weighted by Crippen LogP contribution is -2.28. The van der Waals surface area contributed by atoms with Crippen molar-refractivity contribution in [1.29, 1.82) is 0 Å². The third-order valence-electron chi connectivity index (χ3n) is 4.51. The van der Waals surface area contributed by atoms with Gasteiger partial charge in [0.15, 0.2) is 0 Å². The largest absolute Gasteiger partial charge is 0.376 e. The van der Waals surface area contributed by atoms with Crippen molar-refractivity contribution in [3.63, 3.8) is 0 Å². The minimum absolute atomic E-state index is 0.365. The number of rotatable bonds is 4. The Hall–Kier alpha value is -1.03. The maximum absolute atomic E-state index is 5.86. The first-order chi connectivity index (χ1) is 9.81. The van der Waals surface area contributed by atoms with E-state index in [1.54, 1.807) is 0 Å². The number of aryl methyl sites for hydroxylation is 1. The minimum Gasteiger partial charge on any atom is -0.376 e. The molecule has 2 aliphatic rings. The lowest BCUT2D eigenvalue weighted by Gasteiger charge is -2.26. The van der Waals surface area contributed by atoms with Crippen molar-refractivity contribution in [2.75, 3.05) is 11.9 Å². The van der Waals surface area contributed by atoms with Crippen LogP contribution >= 0.6 is 0 Å². The van der Waals surface area contributed by atoms with E-state index >= 15 is 0 Å². The summed E-state index contributed by atoms with van der Waals surface area (Å²) < 4.78 is 8.12. The van der Waals surface area contributed by atoms with Crippen LogP contribution in [0.15, 0.2) is 6.20 Å². The molecular formula is C16H27N3O.